The number of fused-ring (bicyclic) bond motifs is 3. The second kappa shape index (κ2) is 10.0. The van der Waals surface area contributed by atoms with Crippen molar-refractivity contribution in [3.05, 3.63) is 54.3 Å². The third-order valence-corrected chi connectivity index (χ3v) is 10.8. The molecule has 9 rings (SSSR count). The number of aromatic nitrogens is 3. The summed E-state index contributed by atoms with van der Waals surface area (Å²) >= 11 is 0. The maximum absolute atomic E-state index is 14.4. The quantitative estimate of drug-likeness (QED) is 0.245. The third kappa shape index (κ3) is 5.17. The number of rotatable bonds is 9. The van der Waals surface area contributed by atoms with Crippen molar-refractivity contribution < 1.29 is 27.2 Å². The lowest BCUT2D eigenvalue weighted by Crippen LogP contribution is -2.65. The maximum atomic E-state index is 14.4. The molecular formula is C34H39F3N4O3. The van der Waals surface area contributed by atoms with Gasteiger partial charge in [-0.1, -0.05) is 38.1 Å². The minimum absolute atomic E-state index is 0.0128. The summed E-state index contributed by atoms with van der Waals surface area (Å²) in [6, 6.07) is 10.8. The van der Waals surface area contributed by atoms with Gasteiger partial charge in [0, 0.05) is 35.0 Å². The zero-order chi connectivity index (χ0) is 31.0. The van der Waals surface area contributed by atoms with E-state index in [1.165, 1.54) is 12.3 Å². The highest BCUT2D eigenvalue weighted by molar-refractivity contribution is 5.95. The van der Waals surface area contributed by atoms with Gasteiger partial charge >= 0.3 is 6.61 Å². The number of ether oxygens (including phenoxy) is 1. The van der Waals surface area contributed by atoms with E-state index in [9.17, 15) is 18.0 Å². The van der Waals surface area contributed by atoms with Gasteiger partial charge in [0.25, 0.3) is 0 Å². The summed E-state index contributed by atoms with van der Waals surface area (Å²) in [6.07, 6.45) is 8.78. The van der Waals surface area contributed by atoms with Crippen LogP contribution in [0.4, 0.5) is 18.9 Å². The van der Waals surface area contributed by atoms with Crippen LogP contribution in [0.2, 0.25) is 0 Å². The molecule has 6 saturated carbocycles. The van der Waals surface area contributed by atoms with Gasteiger partial charge in [-0.2, -0.15) is 13.8 Å². The lowest BCUT2D eigenvalue weighted by Gasteiger charge is -2.66. The van der Waals surface area contributed by atoms with Crippen molar-refractivity contribution in [2.24, 2.45) is 10.8 Å². The second-order valence-electron chi connectivity index (χ2n) is 15.1. The van der Waals surface area contributed by atoms with Gasteiger partial charge < -0.3 is 14.2 Å². The summed E-state index contributed by atoms with van der Waals surface area (Å²) in [7, 11) is 0. The summed E-state index contributed by atoms with van der Waals surface area (Å²) in [5.41, 5.74) is 0.540. The van der Waals surface area contributed by atoms with Crippen LogP contribution in [0.3, 0.4) is 0 Å². The number of carbonyl (C=O) groups is 1. The monoisotopic (exact) mass is 608 g/mol. The molecule has 1 amide bonds. The van der Waals surface area contributed by atoms with Crippen LogP contribution in [0.25, 0.3) is 11.3 Å². The maximum Gasteiger partial charge on any atom is 0.387 e. The molecule has 0 saturated heterocycles. The van der Waals surface area contributed by atoms with Crippen LogP contribution in [0.1, 0.15) is 96.7 Å². The lowest BCUT2D eigenvalue weighted by atomic mass is 9.41. The molecule has 234 valence electrons. The molecule has 0 radical (unpaired) electrons. The fraction of sp³-hybridized carbons (Fsp3) is 0.588. The summed E-state index contributed by atoms with van der Waals surface area (Å²) in [6.45, 7) is 3.89. The van der Waals surface area contributed by atoms with Crippen LogP contribution in [-0.4, -0.2) is 39.9 Å². The highest BCUT2D eigenvalue weighted by atomic mass is 19.3. The number of nitrogens with zero attached hydrogens (tertiary/aromatic N) is 4. The first-order valence-corrected chi connectivity index (χ1v) is 15.6. The molecule has 3 aromatic rings. The lowest BCUT2D eigenvalue weighted by molar-refractivity contribution is -0.215. The number of halogens is 3. The number of carbonyl (C=O) groups excluding carboxylic acids is 1. The Morgan fingerprint density at radius 3 is 2.30 bits per heavy atom. The van der Waals surface area contributed by atoms with Crippen molar-refractivity contribution in [2.75, 3.05) is 11.4 Å². The molecule has 0 atom stereocenters. The van der Waals surface area contributed by atoms with Crippen molar-refractivity contribution in [3.63, 3.8) is 0 Å². The molecule has 0 N–H and O–H groups in total. The third-order valence-electron chi connectivity index (χ3n) is 10.8. The van der Waals surface area contributed by atoms with E-state index in [-0.39, 0.29) is 33.3 Å². The molecule has 44 heavy (non-hydrogen) atoms. The average molecular weight is 609 g/mol. The van der Waals surface area contributed by atoms with E-state index >= 15 is 0 Å². The van der Waals surface area contributed by atoms with E-state index in [0.717, 1.165) is 55.6 Å². The average Bonchev–Trinajstić information content (AvgIpc) is 3.48. The summed E-state index contributed by atoms with van der Waals surface area (Å²) in [4.78, 5) is 25.2. The standard InChI is InChI=1S/C34H39F3N4O3/c1-30(2,3)28-39-27(40-44-28)33-12-9-31(10-13-33,11-14-33)21-41(26(42)16-32-18-34(37,19-32)20-32)23-6-4-5-22(15-23)25-8-7-24(17-38-25)43-29(35)36/h4-8,15,17,29H,9-14,16,18-21H2,1-3H3. The number of amides is 1. The Morgan fingerprint density at radius 1 is 1.02 bits per heavy atom. The molecule has 6 aliphatic carbocycles. The fourth-order valence-corrected chi connectivity index (χ4v) is 8.26. The summed E-state index contributed by atoms with van der Waals surface area (Å²) < 4.78 is 49.7. The van der Waals surface area contributed by atoms with E-state index in [1.54, 1.807) is 6.07 Å². The number of pyridine rings is 1. The second-order valence-corrected chi connectivity index (χ2v) is 15.1. The van der Waals surface area contributed by atoms with Gasteiger partial charge in [-0.15, -0.1) is 0 Å². The highest BCUT2D eigenvalue weighted by Crippen LogP contribution is 2.71. The smallest absolute Gasteiger partial charge is 0.387 e. The van der Waals surface area contributed by atoms with Gasteiger partial charge in [0.1, 0.15) is 11.4 Å². The fourth-order valence-electron chi connectivity index (χ4n) is 8.26. The van der Waals surface area contributed by atoms with Crippen molar-refractivity contribution in [1.29, 1.82) is 0 Å². The van der Waals surface area contributed by atoms with Gasteiger partial charge in [0.2, 0.25) is 11.8 Å². The van der Waals surface area contributed by atoms with Gasteiger partial charge in [-0.3, -0.25) is 9.78 Å². The van der Waals surface area contributed by atoms with Gasteiger partial charge in [0.15, 0.2) is 5.82 Å². The summed E-state index contributed by atoms with van der Waals surface area (Å²) in [5, 5.41) is 4.43. The van der Waals surface area contributed by atoms with Crippen LogP contribution in [0.15, 0.2) is 47.1 Å². The van der Waals surface area contributed by atoms with E-state index < -0.39 is 12.3 Å². The molecule has 6 aliphatic rings. The number of hydrogen-bond acceptors (Lipinski definition) is 6. The topological polar surface area (TPSA) is 81.4 Å². The molecule has 4 bridgehead atoms. The van der Waals surface area contributed by atoms with Crippen LogP contribution < -0.4 is 9.64 Å². The number of anilines is 1. The highest BCUT2D eigenvalue weighted by Gasteiger charge is 2.69. The summed E-state index contributed by atoms with van der Waals surface area (Å²) in [5.74, 6) is 1.50. The Labute approximate surface area is 255 Å². The van der Waals surface area contributed by atoms with E-state index in [1.807, 2.05) is 29.2 Å². The molecule has 2 heterocycles. The predicted molar refractivity (Wildman–Crippen MR) is 158 cm³/mol. The Bertz CT molecular complexity index is 1520. The largest absolute Gasteiger partial charge is 0.433 e. The van der Waals surface area contributed by atoms with Crippen molar-refractivity contribution in [2.45, 2.75) is 108 Å². The first kappa shape index (κ1) is 29.3. The Morgan fingerprint density at radius 2 is 1.73 bits per heavy atom. The van der Waals surface area contributed by atoms with Crippen molar-refractivity contribution in [3.8, 4) is 17.0 Å². The molecule has 7 nitrogen and oxygen atoms in total. The van der Waals surface area contributed by atoms with Crippen LogP contribution in [0.5, 0.6) is 5.75 Å². The molecule has 0 spiro atoms. The molecule has 0 aliphatic heterocycles. The minimum atomic E-state index is -2.92. The molecule has 0 unspecified atom stereocenters. The molecule has 1 aromatic carbocycles. The number of alkyl halides is 3. The molecule has 2 aromatic heterocycles. The van der Waals surface area contributed by atoms with E-state index in [0.29, 0.717) is 43.8 Å². The SMILES string of the molecule is CC(C)(C)c1nc(C23CCC(CN(C(=O)CC45CC(F)(C4)C5)c4cccc(-c5ccc(OC(F)F)cn5)c4)(CC2)CC3)no1. The normalized spacial score (nSPS) is 30.5. The van der Waals surface area contributed by atoms with E-state index in [2.05, 4.69) is 35.6 Å². The first-order chi connectivity index (χ1) is 20.8. The van der Waals surface area contributed by atoms with Crippen molar-refractivity contribution >= 4 is 11.6 Å². The number of benzene rings is 1. The molecular weight excluding hydrogens is 569 g/mol. The Kier molecular flexibility index (Phi) is 6.68. The van der Waals surface area contributed by atoms with Gasteiger partial charge in [0.05, 0.1) is 11.9 Å². The Balaban J connectivity index is 1.13. The molecule has 10 heteroatoms. The van der Waals surface area contributed by atoms with Crippen LogP contribution in [-0.2, 0) is 15.6 Å². The molecule has 6 fully saturated rings. The zero-order valence-corrected chi connectivity index (χ0v) is 25.5. The predicted octanol–water partition coefficient (Wildman–Crippen LogP) is 7.94. The first-order valence-electron chi connectivity index (χ1n) is 15.6. The van der Waals surface area contributed by atoms with Crippen LogP contribution >= 0.6 is 0 Å². The van der Waals surface area contributed by atoms with Crippen LogP contribution in [0, 0.1) is 10.8 Å². The van der Waals surface area contributed by atoms with E-state index in [4.69, 9.17) is 9.51 Å². The van der Waals surface area contributed by atoms with Gasteiger partial charge in [-0.25, -0.2) is 4.39 Å². The van der Waals surface area contributed by atoms with Crippen molar-refractivity contribution in [1.82, 2.24) is 15.1 Å². The zero-order valence-electron chi connectivity index (χ0n) is 25.5. The Hall–Kier alpha value is -3.43. The minimum Gasteiger partial charge on any atom is -0.433 e. The number of hydrogen-bond donors (Lipinski definition) is 0. The van der Waals surface area contributed by atoms with Gasteiger partial charge in [-0.05, 0) is 92.9 Å².